The minimum Gasteiger partial charge on any atom is -0.395 e. The highest BCUT2D eigenvalue weighted by molar-refractivity contribution is 7.89. The van der Waals surface area contributed by atoms with Gasteiger partial charge in [0.15, 0.2) is 0 Å². The lowest BCUT2D eigenvalue weighted by Gasteiger charge is -2.17. The summed E-state index contributed by atoms with van der Waals surface area (Å²) in [5.74, 6) is 0.370. The fraction of sp³-hybridized carbons (Fsp3) is 1.00. The number of hydrogen-bond donors (Lipinski definition) is 2. The number of aliphatic hydroxyl groups is 1. The molecule has 15 heavy (non-hydrogen) atoms. The van der Waals surface area contributed by atoms with Crippen LogP contribution in [-0.2, 0) is 10.0 Å². The van der Waals surface area contributed by atoms with E-state index in [1.54, 1.807) is 0 Å². The number of sulfonamides is 1. The van der Waals surface area contributed by atoms with Crippen LogP contribution in [0, 0.1) is 5.92 Å². The van der Waals surface area contributed by atoms with Gasteiger partial charge >= 0.3 is 0 Å². The molecule has 1 unspecified atom stereocenters. The van der Waals surface area contributed by atoms with Crippen molar-refractivity contribution in [3.8, 4) is 0 Å². The normalized spacial score (nSPS) is 14.5. The lowest BCUT2D eigenvalue weighted by atomic mass is 10.1. The number of nitrogens with one attached hydrogen (secondary N) is 1. The summed E-state index contributed by atoms with van der Waals surface area (Å²) < 4.78 is 25.8. The van der Waals surface area contributed by atoms with Crippen molar-refractivity contribution in [1.29, 1.82) is 0 Å². The van der Waals surface area contributed by atoms with E-state index in [9.17, 15) is 8.42 Å². The number of hydrogen-bond acceptors (Lipinski definition) is 3. The number of rotatable bonds is 8. The monoisotopic (exact) mass is 237 g/mol. The zero-order valence-corrected chi connectivity index (χ0v) is 10.7. The van der Waals surface area contributed by atoms with Gasteiger partial charge in [0, 0.05) is 6.04 Å². The zero-order valence-electron chi connectivity index (χ0n) is 9.86. The summed E-state index contributed by atoms with van der Waals surface area (Å²) in [6.07, 6.45) is 2.35. The first-order chi connectivity index (χ1) is 6.99. The van der Waals surface area contributed by atoms with Crippen LogP contribution in [0.4, 0.5) is 0 Å². The van der Waals surface area contributed by atoms with E-state index < -0.39 is 10.0 Å². The molecular formula is C10H23NO3S. The van der Waals surface area contributed by atoms with Gasteiger partial charge in [-0.3, -0.25) is 0 Å². The van der Waals surface area contributed by atoms with Crippen molar-refractivity contribution in [2.75, 3.05) is 12.4 Å². The van der Waals surface area contributed by atoms with Gasteiger partial charge in [-0.2, -0.15) is 0 Å². The molecule has 1 atom stereocenters. The molecule has 0 fully saturated rings. The van der Waals surface area contributed by atoms with Gasteiger partial charge in [-0.15, -0.1) is 0 Å². The third kappa shape index (κ3) is 6.12. The third-order valence-electron chi connectivity index (χ3n) is 2.67. The molecule has 0 aromatic rings. The fourth-order valence-corrected chi connectivity index (χ4v) is 3.32. The molecule has 0 aliphatic rings. The Hall–Kier alpha value is -0.130. The predicted molar refractivity (Wildman–Crippen MR) is 62.2 cm³/mol. The van der Waals surface area contributed by atoms with Gasteiger partial charge in [0.2, 0.25) is 10.0 Å². The quantitative estimate of drug-likeness (QED) is 0.664. The zero-order chi connectivity index (χ0) is 11.9. The molecule has 2 N–H and O–H groups in total. The molecule has 5 heteroatoms. The van der Waals surface area contributed by atoms with Gasteiger partial charge < -0.3 is 5.11 Å². The van der Waals surface area contributed by atoms with E-state index in [0.29, 0.717) is 6.42 Å². The Morgan fingerprint density at radius 1 is 1.13 bits per heavy atom. The third-order valence-corrected chi connectivity index (χ3v) is 4.27. The molecule has 4 nitrogen and oxygen atoms in total. The van der Waals surface area contributed by atoms with Crippen LogP contribution in [0.1, 0.15) is 40.0 Å². The second-order valence-corrected chi connectivity index (χ2v) is 5.67. The van der Waals surface area contributed by atoms with E-state index in [0.717, 1.165) is 12.8 Å². The van der Waals surface area contributed by atoms with Crippen molar-refractivity contribution < 1.29 is 13.5 Å². The maximum atomic E-state index is 11.7. The van der Waals surface area contributed by atoms with Gasteiger partial charge in [0.05, 0.1) is 12.4 Å². The van der Waals surface area contributed by atoms with Gasteiger partial charge in [-0.1, -0.05) is 33.6 Å². The van der Waals surface area contributed by atoms with Crippen LogP contribution >= 0.6 is 0 Å². The smallest absolute Gasteiger partial charge is 0.212 e. The standard InChI is InChI=1S/C10H23NO3S/c1-4-9(5-2)8-15(13,14)11-10(6-3)7-12/h9-12H,4-8H2,1-3H3. The molecule has 0 aliphatic heterocycles. The Kier molecular flexibility index (Phi) is 7.13. The van der Waals surface area contributed by atoms with Gasteiger partial charge in [0.1, 0.15) is 0 Å². The summed E-state index contributed by atoms with van der Waals surface area (Å²) in [6, 6.07) is -0.343. The first-order valence-corrected chi connectivity index (χ1v) is 7.25. The summed E-state index contributed by atoms with van der Waals surface area (Å²) in [5, 5.41) is 8.91. The van der Waals surface area contributed by atoms with Gasteiger partial charge in [-0.05, 0) is 12.3 Å². The van der Waals surface area contributed by atoms with Gasteiger partial charge in [-0.25, -0.2) is 13.1 Å². The minimum atomic E-state index is -3.24. The second kappa shape index (κ2) is 7.19. The van der Waals surface area contributed by atoms with Crippen molar-refractivity contribution >= 4 is 10.0 Å². The van der Waals surface area contributed by atoms with Crippen molar-refractivity contribution in [1.82, 2.24) is 4.72 Å². The molecule has 0 bridgehead atoms. The molecule has 0 aromatic heterocycles. The molecule has 0 saturated carbocycles. The molecule has 0 aliphatic carbocycles. The Balaban J connectivity index is 4.29. The van der Waals surface area contributed by atoms with Crippen molar-refractivity contribution in [3.05, 3.63) is 0 Å². The van der Waals surface area contributed by atoms with Crippen molar-refractivity contribution in [2.24, 2.45) is 5.92 Å². The topological polar surface area (TPSA) is 66.4 Å². The van der Waals surface area contributed by atoms with Gasteiger partial charge in [0.25, 0.3) is 0 Å². The fourth-order valence-electron chi connectivity index (χ4n) is 1.39. The molecule has 0 saturated heterocycles. The molecular weight excluding hydrogens is 214 g/mol. The molecule has 0 aromatic carbocycles. The largest absolute Gasteiger partial charge is 0.395 e. The molecule has 0 heterocycles. The van der Waals surface area contributed by atoms with E-state index in [1.165, 1.54) is 0 Å². The molecule has 92 valence electrons. The molecule has 0 amide bonds. The first kappa shape index (κ1) is 14.9. The molecule has 0 spiro atoms. The van der Waals surface area contributed by atoms with Crippen LogP contribution < -0.4 is 4.72 Å². The Morgan fingerprint density at radius 3 is 2.00 bits per heavy atom. The SMILES string of the molecule is CCC(CC)CS(=O)(=O)NC(CC)CO. The highest BCUT2D eigenvalue weighted by Crippen LogP contribution is 2.10. The van der Waals surface area contributed by atoms with Crippen LogP contribution in [0.3, 0.4) is 0 Å². The van der Waals surface area contributed by atoms with Crippen molar-refractivity contribution in [3.63, 3.8) is 0 Å². The average molecular weight is 237 g/mol. The van der Waals surface area contributed by atoms with Crippen LogP contribution in [-0.4, -0.2) is 31.9 Å². The second-order valence-electron chi connectivity index (χ2n) is 3.87. The summed E-state index contributed by atoms with van der Waals surface area (Å²) in [6.45, 7) is 5.69. The predicted octanol–water partition coefficient (Wildman–Crippen LogP) is 1.11. The summed E-state index contributed by atoms with van der Waals surface area (Å²) in [7, 11) is -3.24. The first-order valence-electron chi connectivity index (χ1n) is 5.59. The minimum absolute atomic E-state index is 0.140. The maximum Gasteiger partial charge on any atom is 0.212 e. The van der Waals surface area contributed by atoms with Crippen LogP contribution in [0.5, 0.6) is 0 Å². The van der Waals surface area contributed by atoms with Crippen LogP contribution in [0.2, 0.25) is 0 Å². The molecule has 0 radical (unpaired) electrons. The summed E-state index contributed by atoms with van der Waals surface area (Å²) in [5.41, 5.74) is 0. The average Bonchev–Trinajstić information content (AvgIpc) is 2.22. The maximum absolute atomic E-state index is 11.7. The van der Waals surface area contributed by atoms with E-state index >= 15 is 0 Å². The Labute approximate surface area is 93.1 Å². The van der Waals surface area contributed by atoms with E-state index in [2.05, 4.69) is 4.72 Å². The summed E-state index contributed by atoms with van der Waals surface area (Å²) >= 11 is 0. The lowest BCUT2D eigenvalue weighted by molar-refractivity contribution is 0.253. The summed E-state index contributed by atoms with van der Waals surface area (Å²) in [4.78, 5) is 0. The van der Waals surface area contributed by atoms with Crippen LogP contribution in [0.15, 0.2) is 0 Å². The number of aliphatic hydroxyl groups excluding tert-OH is 1. The Bertz CT molecular complexity index is 223. The van der Waals surface area contributed by atoms with Crippen molar-refractivity contribution in [2.45, 2.75) is 46.1 Å². The van der Waals surface area contributed by atoms with Crippen LogP contribution in [0.25, 0.3) is 0 Å². The van der Waals surface area contributed by atoms with E-state index in [-0.39, 0.29) is 24.3 Å². The van der Waals surface area contributed by atoms with E-state index in [4.69, 9.17) is 5.11 Å². The van der Waals surface area contributed by atoms with E-state index in [1.807, 2.05) is 20.8 Å². The highest BCUT2D eigenvalue weighted by Gasteiger charge is 2.19. The highest BCUT2D eigenvalue weighted by atomic mass is 32.2. The lowest BCUT2D eigenvalue weighted by Crippen LogP contribution is -2.39. The molecule has 0 rings (SSSR count). The Morgan fingerprint density at radius 2 is 1.67 bits per heavy atom.